The van der Waals surface area contributed by atoms with Gasteiger partial charge in [-0.25, -0.2) is 5.48 Å². The maximum absolute atomic E-state index is 8.65. The zero-order valence-electron chi connectivity index (χ0n) is 8.30. The lowest BCUT2D eigenvalue weighted by molar-refractivity contribution is 0.161. The van der Waals surface area contributed by atoms with E-state index in [4.69, 9.17) is 5.21 Å². The van der Waals surface area contributed by atoms with Crippen molar-refractivity contribution < 1.29 is 5.21 Å². The highest BCUT2D eigenvalue weighted by atomic mass is 16.5. The molecule has 1 aromatic rings. The van der Waals surface area contributed by atoms with Crippen LogP contribution in [0.25, 0.3) is 0 Å². The first-order chi connectivity index (χ1) is 6.31. The number of hydroxylamine groups is 1. The van der Waals surface area contributed by atoms with Crippen molar-refractivity contribution in [2.75, 3.05) is 0 Å². The minimum Gasteiger partial charge on any atom is -0.316 e. The van der Waals surface area contributed by atoms with E-state index < -0.39 is 0 Å². The second-order valence-corrected chi connectivity index (χ2v) is 3.15. The van der Waals surface area contributed by atoms with Gasteiger partial charge in [0.25, 0.3) is 0 Å². The van der Waals surface area contributed by atoms with E-state index in [1.807, 2.05) is 0 Å². The van der Waals surface area contributed by atoms with E-state index in [1.54, 1.807) is 0 Å². The molecule has 0 aliphatic heterocycles. The summed E-state index contributed by atoms with van der Waals surface area (Å²) in [5.74, 6) is 0. The van der Waals surface area contributed by atoms with Crippen LogP contribution in [0.4, 0.5) is 0 Å². The van der Waals surface area contributed by atoms with Gasteiger partial charge in [-0.2, -0.15) is 0 Å². The summed E-state index contributed by atoms with van der Waals surface area (Å²) < 4.78 is 0. The van der Waals surface area contributed by atoms with Crippen molar-refractivity contribution in [3.05, 3.63) is 34.9 Å². The summed E-state index contributed by atoms with van der Waals surface area (Å²) in [5, 5.41) is 8.65. The minimum absolute atomic E-state index is 0.539. The van der Waals surface area contributed by atoms with Gasteiger partial charge < -0.3 is 5.21 Å². The Kier molecular flexibility index (Phi) is 3.93. The van der Waals surface area contributed by atoms with E-state index in [0.29, 0.717) is 6.54 Å². The van der Waals surface area contributed by atoms with Gasteiger partial charge in [-0.1, -0.05) is 32.0 Å². The van der Waals surface area contributed by atoms with Crippen LogP contribution in [0.2, 0.25) is 0 Å². The summed E-state index contributed by atoms with van der Waals surface area (Å²) in [4.78, 5) is 0. The summed E-state index contributed by atoms with van der Waals surface area (Å²) in [6, 6.07) is 6.45. The molecular weight excluding hydrogens is 162 g/mol. The molecule has 1 rings (SSSR count). The number of hydrogen-bond donors (Lipinski definition) is 2. The lowest BCUT2D eigenvalue weighted by atomic mass is 10.0. The summed E-state index contributed by atoms with van der Waals surface area (Å²) in [6.07, 6.45) is 2.06. The number of hydrogen-bond acceptors (Lipinski definition) is 2. The van der Waals surface area contributed by atoms with Gasteiger partial charge in [-0.15, -0.1) is 0 Å². The average molecular weight is 179 g/mol. The van der Waals surface area contributed by atoms with Crippen molar-refractivity contribution in [1.29, 1.82) is 0 Å². The molecule has 0 fully saturated rings. The molecule has 1 aromatic carbocycles. The molecule has 2 N–H and O–H groups in total. The van der Waals surface area contributed by atoms with E-state index in [0.717, 1.165) is 12.8 Å². The van der Waals surface area contributed by atoms with Crippen molar-refractivity contribution in [3.63, 3.8) is 0 Å². The fourth-order valence-corrected chi connectivity index (χ4v) is 1.49. The molecule has 0 heterocycles. The Morgan fingerprint density at radius 3 is 2.46 bits per heavy atom. The normalized spacial score (nSPS) is 10.4. The second kappa shape index (κ2) is 5.00. The maximum atomic E-state index is 8.65. The quantitative estimate of drug-likeness (QED) is 0.695. The molecule has 0 spiro atoms. The molecule has 0 saturated carbocycles. The molecule has 0 unspecified atom stereocenters. The first-order valence-corrected chi connectivity index (χ1v) is 4.79. The van der Waals surface area contributed by atoms with Gasteiger partial charge in [0.2, 0.25) is 0 Å². The molecule has 0 aliphatic rings. The van der Waals surface area contributed by atoms with Crippen LogP contribution in [0, 0.1) is 0 Å². The van der Waals surface area contributed by atoms with Crippen LogP contribution in [0.15, 0.2) is 18.2 Å². The highest BCUT2D eigenvalue weighted by molar-refractivity contribution is 5.32. The van der Waals surface area contributed by atoms with Crippen LogP contribution in [0.1, 0.15) is 30.5 Å². The van der Waals surface area contributed by atoms with Crippen molar-refractivity contribution in [2.45, 2.75) is 33.2 Å². The van der Waals surface area contributed by atoms with E-state index in [-0.39, 0.29) is 0 Å². The molecule has 13 heavy (non-hydrogen) atoms. The fourth-order valence-electron chi connectivity index (χ4n) is 1.49. The Bertz CT molecular complexity index is 271. The standard InChI is InChI=1S/C11H17NO/c1-3-9-5-6-10(4-2)11(7-9)8-12-13/h5-7,12-13H,3-4,8H2,1-2H3. The third-order valence-corrected chi connectivity index (χ3v) is 2.33. The van der Waals surface area contributed by atoms with Crippen molar-refractivity contribution in [3.8, 4) is 0 Å². The predicted octanol–water partition coefficient (Wildman–Crippen LogP) is 2.29. The van der Waals surface area contributed by atoms with Crippen molar-refractivity contribution in [1.82, 2.24) is 5.48 Å². The lowest BCUT2D eigenvalue weighted by Gasteiger charge is -2.08. The van der Waals surface area contributed by atoms with Crippen LogP contribution in [0.5, 0.6) is 0 Å². The summed E-state index contributed by atoms with van der Waals surface area (Å²) >= 11 is 0. The largest absolute Gasteiger partial charge is 0.316 e. The van der Waals surface area contributed by atoms with Gasteiger partial charge in [0.05, 0.1) is 0 Å². The van der Waals surface area contributed by atoms with Gasteiger partial charge in [0, 0.05) is 6.54 Å². The predicted molar refractivity (Wildman–Crippen MR) is 53.8 cm³/mol. The van der Waals surface area contributed by atoms with Gasteiger partial charge in [0.1, 0.15) is 0 Å². The van der Waals surface area contributed by atoms with E-state index in [9.17, 15) is 0 Å². The zero-order chi connectivity index (χ0) is 9.68. The second-order valence-electron chi connectivity index (χ2n) is 3.15. The van der Waals surface area contributed by atoms with E-state index >= 15 is 0 Å². The summed E-state index contributed by atoms with van der Waals surface area (Å²) in [5.41, 5.74) is 6.03. The number of rotatable bonds is 4. The molecular formula is C11H17NO. The molecule has 0 aliphatic carbocycles. The van der Waals surface area contributed by atoms with Gasteiger partial charge in [-0.3, -0.25) is 0 Å². The molecule has 0 atom stereocenters. The van der Waals surface area contributed by atoms with Gasteiger partial charge in [0.15, 0.2) is 0 Å². The Labute approximate surface area is 79.6 Å². The SMILES string of the molecule is CCc1ccc(CC)c(CNO)c1. The average Bonchev–Trinajstić information content (AvgIpc) is 2.18. The van der Waals surface area contributed by atoms with Crippen LogP contribution in [0.3, 0.4) is 0 Å². The Morgan fingerprint density at radius 2 is 1.92 bits per heavy atom. The molecule has 2 nitrogen and oxygen atoms in total. The van der Waals surface area contributed by atoms with Crippen LogP contribution >= 0.6 is 0 Å². The van der Waals surface area contributed by atoms with Crippen LogP contribution in [-0.4, -0.2) is 5.21 Å². The van der Waals surface area contributed by atoms with Crippen molar-refractivity contribution >= 4 is 0 Å². The Balaban J connectivity index is 2.95. The Hall–Kier alpha value is -0.860. The monoisotopic (exact) mass is 179 g/mol. The summed E-state index contributed by atoms with van der Waals surface area (Å²) in [6.45, 7) is 4.80. The smallest absolute Gasteiger partial charge is 0.0460 e. The first-order valence-electron chi connectivity index (χ1n) is 4.79. The molecule has 0 saturated heterocycles. The van der Waals surface area contributed by atoms with Gasteiger partial charge >= 0.3 is 0 Å². The highest BCUT2D eigenvalue weighted by Gasteiger charge is 2.00. The third-order valence-electron chi connectivity index (χ3n) is 2.33. The molecule has 2 heteroatoms. The highest BCUT2D eigenvalue weighted by Crippen LogP contribution is 2.13. The Morgan fingerprint density at radius 1 is 1.15 bits per heavy atom. The number of nitrogens with one attached hydrogen (secondary N) is 1. The van der Waals surface area contributed by atoms with Crippen molar-refractivity contribution in [2.24, 2.45) is 0 Å². The molecule has 72 valence electrons. The molecule has 0 aromatic heterocycles. The van der Waals surface area contributed by atoms with Crippen LogP contribution < -0.4 is 5.48 Å². The number of benzene rings is 1. The third kappa shape index (κ3) is 2.54. The summed E-state index contributed by atoms with van der Waals surface area (Å²) in [7, 11) is 0. The maximum Gasteiger partial charge on any atom is 0.0460 e. The molecule has 0 amide bonds. The van der Waals surface area contributed by atoms with E-state index in [2.05, 4.69) is 37.5 Å². The zero-order valence-corrected chi connectivity index (χ0v) is 8.30. The van der Waals surface area contributed by atoms with Crippen LogP contribution in [-0.2, 0) is 19.4 Å². The molecule has 0 radical (unpaired) electrons. The van der Waals surface area contributed by atoms with Gasteiger partial charge in [-0.05, 0) is 29.5 Å². The van der Waals surface area contributed by atoms with E-state index in [1.165, 1.54) is 16.7 Å². The minimum atomic E-state index is 0.539. The lowest BCUT2D eigenvalue weighted by Crippen LogP contribution is -2.08. The molecule has 0 bridgehead atoms. The first kappa shape index (κ1) is 10.2. The topological polar surface area (TPSA) is 32.3 Å². The fraction of sp³-hybridized carbons (Fsp3) is 0.455. The number of aryl methyl sites for hydroxylation is 2.